The van der Waals surface area contributed by atoms with Crippen molar-refractivity contribution in [2.45, 2.75) is 18.9 Å². The fourth-order valence-corrected chi connectivity index (χ4v) is 1.69. The normalized spacial score (nSPS) is 14.3. The third-order valence-corrected chi connectivity index (χ3v) is 2.70. The molecule has 1 atom stereocenters. The van der Waals surface area contributed by atoms with E-state index in [1.54, 1.807) is 18.2 Å². The van der Waals surface area contributed by atoms with Gasteiger partial charge in [-0.25, -0.2) is 4.98 Å². The number of carbonyl (C=O) groups is 1. The van der Waals surface area contributed by atoms with E-state index in [0.717, 1.165) is 5.56 Å². The Kier molecular flexibility index (Phi) is 2.88. The lowest BCUT2D eigenvalue weighted by Gasteiger charge is -2.19. The molecule has 0 spiro atoms. The molecule has 0 unspecified atom stereocenters. The number of aliphatic carboxylic acids is 1. The lowest BCUT2D eigenvalue weighted by molar-refractivity contribution is -0.142. The van der Waals surface area contributed by atoms with E-state index >= 15 is 0 Å². The van der Waals surface area contributed by atoms with Gasteiger partial charge in [-0.15, -0.1) is 0 Å². The Morgan fingerprint density at radius 2 is 2.28 bits per heavy atom. The first kappa shape index (κ1) is 12.3. The van der Waals surface area contributed by atoms with Gasteiger partial charge in [0.1, 0.15) is 5.54 Å². The van der Waals surface area contributed by atoms with Crippen LogP contribution in [-0.2, 0) is 11.2 Å². The van der Waals surface area contributed by atoms with Crippen LogP contribution in [-0.4, -0.2) is 26.6 Å². The highest BCUT2D eigenvalue weighted by Crippen LogP contribution is 2.15. The van der Waals surface area contributed by atoms with Gasteiger partial charge >= 0.3 is 5.97 Å². The lowest BCUT2D eigenvalue weighted by Crippen LogP contribution is -2.46. The molecule has 0 bridgehead atoms. The van der Waals surface area contributed by atoms with Crippen LogP contribution in [0.15, 0.2) is 29.2 Å². The van der Waals surface area contributed by atoms with Gasteiger partial charge in [0.2, 0.25) is 0 Å². The molecular weight excluding hydrogens is 234 g/mol. The molecule has 0 radical (unpaired) electrons. The van der Waals surface area contributed by atoms with Crippen LogP contribution < -0.4 is 11.3 Å². The Morgan fingerprint density at radius 1 is 1.56 bits per heavy atom. The summed E-state index contributed by atoms with van der Waals surface area (Å²) < 4.78 is 0. The fraction of sp³-hybridized carbons (Fsp3) is 0.250. The van der Waals surface area contributed by atoms with E-state index in [1.807, 2.05) is 0 Å². The van der Waals surface area contributed by atoms with E-state index in [9.17, 15) is 9.59 Å². The Bertz CT molecular complexity index is 661. The number of aromatic amines is 1. The molecule has 0 aliphatic carbocycles. The average molecular weight is 247 g/mol. The summed E-state index contributed by atoms with van der Waals surface area (Å²) in [5.74, 6) is -1.06. The summed E-state index contributed by atoms with van der Waals surface area (Å²) in [5, 5.41) is 8.96. The molecule has 0 amide bonds. The number of hydrogen-bond donors (Lipinski definition) is 3. The maximum atomic E-state index is 11.1. The average Bonchev–Trinajstić information content (AvgIpc) is 2.28. The van der Waals surface area contributed by atoms with E-state index < -0.39 is 11.5 Å². The van der Waals surface area contributed by atoms with Crippen LogP contribution in [0.25, 0.3) is 11.0 Å². The number of fused-ring (bicyclic) bond motifs is 1. The van der Waals surface area contributed by atoms with Crippen molar-refractivity contribution in [2.75, 3.05) is 0 Å². The second-order valence-corrected chi connectivity index (χ2v) is 4.50. The first-order valence-electron chi connectivity index (χ1n) is 5.39. The minimum Gasteiger partial charge on any atom is -0.480 e. The van der Waals surface area contributed by atoms with E-state index in [0.29, 0.717) is 11.0 Å². The predicted octanol–water partition coefficient (Wildman–Crippen LogP) is 0.268. The molecular formula is C12H13N3O3. The fourth-order valence-electron chi connectivity index (χ4n) is 1.69. The monoisotopic (exact) mass is 247 g/mol. The first-order chi connectivity index (χ1) is 8.38. The largest absolute Gasteiger partial charge is 0.480 e. The van der Waals surface area contributed by atoms with Gasteiger partial charge in [0.05, 0.1) is 17.2 Å². The Labute approximate surface area is 102 Å². The van der Waals surface area contributed by atoms with Crippen molar-refractivity contribution in [2.24, 2.45) is 5.73 Å². The predicted molar refractivity (Wildman–Crippen MR) is 66.3 cm³/mol. The third-order valence-electron chi connectivity index (χ3n) is 2.70. The van der Waals surface area contributed by atoms with Crippen molar-refractivity contribution in [1.82, 2.24) is 9.97 Å². The lowest BCUT2D eigenvalue weighted by atomic mass is 9.94. The molecule has 0 saturated heterocycles. The summed E-state index contributed by atoms with van der Waals surface area (Å²) in [6.07, 6.45) is 1.38. The van der Waals surface area contributed by atoms with Crippen LogP contribution in [0.2, 0.25) is 0 Å². The second-order valence-electron chi connectivity index (χ2n) is 4.50. The summed E-state index contributed by atoms with van der Waals surface area (Å²) >= 11 is 0. The number of benzene rings is 1. The molecule has 6 heteroatoms. The first-order valence-corrected chi connectivity index (χ1v) is 5.39. The van der Waals surface area contributed by atoms with Crippen LogP contribution in [0.3, 0.4) is 0 Å². The molecule has 1 aromatic carbocycles. The number of nitrogens with two attached hydrogens (primary N) is 1. The number of nitrogens with one attached hydrogen (secondary N) is 1. The van der Waals surface area contributed by atoms with Crippen LogP contribution in [0.5, 0.6) is 0 Å². The van der Waals surface area contributed by atoms with E-state index in [-0.39, 0.29) is 12.0 Å². The topological polar surface area (TPSA) is 109 Å². The Balaban J connectivity index is 2.39. The minimum atomic E-state index is -1.32. The molecule has 18 heavy (non-hydrogen) atoms. The quantitative estimate of drug-likeness (QED) is 0.721. The maximum absolute atomic E-state index is 11.1. The molecule has 4 N–H and O–H groups in total. The van der Waals surface area contributed by atoms with Crippen molar-refractivity contribution in [3.8, 4) is 0 Å². The number of H-pyrrole nitrogens is 1. The van der Waals surface area contributed by atoms with Gasteiger partial charge in [-0.2, -0.15) is 0 Å². The molecule has 2 rings (SSSR count). The van der Waals surface area contributed by atoms with Crippen molar-refractivity contribution in [3.05, 3.63) is 40.3 Å². The van der Waals surface area contributed by atoms with Crippen molar-refractivity contribution in [1.29, 1.82) is 0 Å². The number of nitrogens with zero attached hydrogens (tertiary/aromatic N) is 1. The van der Waals surface area contributed by atoms with Crippen LogP contribution >= 0.6 is 0 Å². The number of rotatable bonds is 3. The van der Waals surface area contributed by atoms with E-state index in [4.69, 9.17) is 10.8 Å². The molecule has 6 nitrogen and oxygen atoms in total. The summed E-state index contributed by atoms with van der Waals surface area (Å²) in [6.45, 7) is 1.46. The summed E-state index contributed by atoms with van der Waals surface area (Å²) in [5.41, 5.74) is 6.06. The highest BCUT2D eigenvalue weighted by atomic mass is 16.4. The van der Waals surface area contributed by atoms with Gasteiger partial charge in [0.25, 0.3) is 5.56 Å². The highest BCUT2D eigenvalue weighted by Gasteiger charge is 2.28. The SMILES string of the molecule is C[C@](N)(Cc1ccc2[nH]c(=O)cnc2c1)C(=O)O. The molecule has 2 aromatic rings. The van der Waals surface area contributed by atoms with Gasteiger partial charge in [0, 0.05) is 6.42 Å². The summed E-state index contributed by atoms with van der Waals surface area (Å²) in [7, 11) is 0. The van der Waals surface area contributed by atoms with Crippen molar-refractivity contribution >= 4 is 17.0 Å². The molecule has 1 aromatic heterocycles. The summed E-state index contributed by atoms with van der Waals surface area (Å²) in [6, 6.07) is 5.14. The zero-order valence-corrected chi connectivity index (χ0v) is 9.80. The third kappa shape index (κ3) is 2.38. The van der Waals surface area contributed by atoms with Crippen molar-refractivity contribution < 1.29 is 9.90 Å². The van der Waals surface area contributed by atoms with Gasteiger partial charge in [-0.1, -0.05) is 6.07 Å². The van der Waals surface area contributed by atoms with Gasteiger partial charge in [-0.05, 0) is 24.6 Å². The number of carboxylic acid groups (broad SMARTS) is 1. The maximum Gasteiger partial charge on any atom is 0.323 e. The number of carboxylic acids is 1. The molecule has 0 aliphatic rings. The number of hydrogen-bond acceptors (Lipinski definition) is 4. The van der Waals surface area contributed by atoms with Crippen molar-refractivity contribution in [3.63, 3.8) is 0 Å². The van der Waals surface area contributed by atoms with Crippen LogP contribution in [0.1, 0.15) is 12.5 Å². The number of aromatic nitrogens is 2. The van der Waals surface area contributed by atoms with Gasteiger partial charge in [-0.3, -0.25) is 9.59 Å². The van der Waals surface area contributed by atoms with E-state index in [2.05, 4.69) is 9.97 Å². The molecule has 0 fully saturated rings. The second kappa shape index (κ2) is 4.23. The van der Waals surface area contributed by atoms with Crippen LogP contribution in [0.4, 0.5) is 0 Å². The molecule has 0 aliphatic heterocycles. The highest BCUT2D eigenvalue weighted by molar-refractivity contribution is 5.79. The van der Waals surface area contributed by atoms with Gasteiger partial charge < -0.3 is 15.8 Å². The standard InChI is InChI=1S/C12H13N3O3/c1-12(13,11(17)18)5-7-2-3-8-9(4-7)14-6-10(16)15-8/h2-4,6H,5,13H2,1H3,(H,15,16)(H,17,18)/t12-/m0/s1. The molecule has 1 heterocycles. The minimum absolute atomic E-state index is 0.194. The Morgan fingerprint density at radius 3 is 2.94 bits per heavy atom. The molecule has 0 saturated carbocycles. The molecule has 94 valence electrons. The zero-order valence-electron chi connectivity index (χ0n) is 9.80. The zero-order chi connectivity index (χ0) is 13.3. The smallest absolute Gasteiger partial charge is 0.323 e. The van der Waals surface area contributed by atoms with E-state index in [1.165, 1.54) is 13.1 Å². The van der Waals surface area contributed by atoms with Gasteiger partial charge in [0.15, 0.2) is 0 Å². The van der Waals surface area contributed by atoms with Crippen LogP contribution in [0, 0.1) is 0 Å². The Hall–Kier alpha value is -2.21. The summed E-state index contributed by atoms with van der Waals surface area (Å²) in [4.78, 5) is 28.6.